The second-order valence-corrected chi connectivity index (χ2v) is 17.5. The summed E-state index contributed by atoms with van der Waals surface area (Å²) in [6.45, 7) is 19.6. The van der Waals surface area contributed by atoms with Crippen LogP contribution in [0.15, 0.2) is 30.5 Å². The molecule has 1 fully saturated rings. The number of aromatic nitrogens is 4. The van der Waals surface area contributed by atoms with Gasteiger partial charge in [0.1, 0.15) is 23.5 Å². The van der Waals surface area contributed by atoms with Crippen molar-refractivity contribution in [3.8, 4) is 17.3 Å². The predicted octanol–water partition coefficient (Wildman–Crippen LogP) is 5.40. The molecule has 0 unspecified atom stereocenters. The second kappa shape index (κ2) is 11.0. The van der Waals surface area contributed by atoms with Crippen LogP contribution in [0.5, 0.6) is 0 Å². The van der Waals surface area contributed by atoms with E-state index in [9.17, 15) is 5.26 Å². The second-order valence-electron chi connectivity index (χ2n) is 12.7. The third kappa shape index (κ3) is 6.05. The Labute approximate surface area is 243 Å². The monoisotopic (exact) mass is 572 g/mol. The van der Waals surface area contributed by atoms with Crippen LogP contribution >= 0.6 is 0 Å². The molecule has 5 rings (SSSR count). The zero-order valence-corrected chi connectivity index (χ0v) is 26.1. The summed E-state index contributed by atoms with van der Waals surface area (Å²) in [5, 5.41) is 16.9. The third-order valence-electron chi connectivity index (χ3n) is 8.47. The summed E-state index contributed by atoms with van der Waals surface area (Å²) >= 11 is 0. The molecule has 0 bridgehead atoms. The summed E-state index contributed by atoms with van der Waals surface area (Å²) < 4.78 is 12.1. The van der Waals surface area contributed by atoms with Crippen molar-refractivity contribution in [2.75, 3.05) is 55.0 Å². The zero-order valence-electron chi connectivity index (χ0n) is 25.1. The largest absolute Gasteiger partial charge is 0.416 e. The van der Waals surface area contributed by atoms with Crippen molar-refractivity contribution < 1.29 is 9.16 Å². The van der Waals surface area contributed by atoms with Gasteiger partial charge in [-0.2, -0.15) is 5.26 Å². The van der Waals surface area contributed by atoms with E-state index in [2.05, 4.69) is 83.4 Å². The molecule has 2 aliphatic rings. The average molecular weight is 573 g/mol. The van der Waals surface area contributed by atoms with E-state index in [0.29, 0.717) is 49.5 Å². The van der Waals surface area contributed by atoms with E-state index in [0.717, 1.165) is 41.4 Å². The standard InChI is InChI=1S/C30H40N8O2Si/c1-20-34-25(16-26(35-20)38-10-12-39-13-11-38)37-28-32-9-8-24(36-28)21-14-22(17-31)27-23(15-21)30(5,18-33-27)19-40-41(6,7)29(2,3)4/h8-9,14-16,33H,10-13,18-19H2,1-7H3,(H,32,34,35,36,37)/t30-/m1/s1. The van der Waals surface area contributed by atoms with Crippen LogP contribution in [0.3, 0.4) is 0 Å². The van der Waals surface area contributed by atoms with E-state index in [-0.39, 0.29) is 10.5 Å². The average Bonchev–Trinajstić information content (AvgIpc) is 3.28. The van der Waals surface area contributed by atoms with Gasteiger partial charge in [-0.1, -0.05) is 27.7 Å². The van der Waals surface area contributed by atoms with Crippen LogP contribution in [-0.2, 0) is 14.6 Å². The first-order valence-electron chi connectivity index (χ1n) is 14.1. The van der Waals surface area contributed by atoms with Gasteiger partial charge in [-0.05, 0) is 48.8 Å². The molecule has 0 spiro atoms. The van der Waals surface area contributed by atoms with Crippen LogP contribution in [0.1, 0.15) is 44.6 Å². The summed E-state index contributed by atoms with van der Waals surface area (Å²) in [4.78, 5) is 20.6. The summed E-state index contributed by atoms with van der Waals surface area (Å²) in [5.74, 6) is 2.57. The van der Waals surface area contributed by atoms with Crippen LogP contribution in [0.2, 0.25) is 18.1 Å². The number of rotatable bonds is 7. The van der Waals surface area contributed by atoms with Gasteiger partial charge < -0.3 is 24.7 Å². The van der Waals surface area contributed by atoms with Gasteiger partial charge in [0, 0.05) is 49.5 Å². The first kappa shape index (κ1) is 28.9. The zero-order chi connectivity index (χ0) is 29.4. The van der Waals surface area contributed by atoms with Crippen LogP contribution in [0, 0.1) is 18.3 Å². The van der Waals surface area contributed by atoms with Gasteiger partial charge in [0.05, 0.1) is 30.2 Å². The summed E-state index contributed by atoms with van der Waals surface area (Å²) in [7, 11) is -1.95. The van der Waals surface area contributed by atoms with Gasteiger partial charge >= 0.3 is 0 Å². The maximum atomic E-state index is 10.0. The maximum absolute atomic E-state index is 10.0. The Balaban J connectivity index is 1.43. The fourth-order valence-electron chi connectivity index (χ4n) is 4.87. The SMILES string of the molecule is Cc1nc(Nc2nccc(-c3cc(C#N)c4c(c3)[C@@](C)(CO[Si](C)(C)C(C)(C)C)CN4)n2)cc(N2CCOCC2)n1. The van der Waals surface area contributed by atoms with Crippen molar-refractivity contribution >= 4 is 31.6 Å². The quantitative estimate of drug-likeness (QED) is 0.356. The molecule has 3 aromatic rings. The van der Waals surface area contributed by atoms with E-state index in [1.54, 1.807) is 6.20 Å². The van der Waals surface area contributed by atoms with Gasteiger partial charge in [-0.3, -0.25) is 0 Å². The Morgan fingerprint density at radius 2 is 1.93 bits per heavy atom. The minimum Gasteiger partial charge on any atom is -0.416 e. The highest BCUT2D eigenvalue weighted by atomic mass is 28.4. The molecule has 2 aromatic heterocycles. The highest BCUT2D eigenvalue weighted by Gasteiger charge is 2.42. The number of aryl methyl sites for hydroxylation is 1. The van der Waals surface area contributed by atoms with Crippen molar-refractivity contribution in [2.45, 2.75) is 58.2 Å². The Morgan fingerprint density at radius 3 is 2.63 bits per heavy atom. The summed E-state index contributed by atoms with van der Waals surface area (Å²) in [6.07, 6.45) is 1.72. The van der Waals surface area contributed by atoms with Crippen molar-refractivity contribution in [3.63, 3.8) is 0 Å². The molecule has 1 atom stereocenters. The van der Waals surface area contributed by atoms with E-state index in [4.69, 9.17) is 14.1 Å². The number of hydrogen-bond acceptors (Lipinski definition) is 10. The number of nitrogens with zero attached hydrogens (tertiary/aromatic N) is 6. The summed E-state index contributed by atoms with van der Waals surface area (Å²) in [6, 6.07) is 10.2. The normalized spacial score (nSPS) is 18.9. The first-order chi connectivity index (χ1) is 19.4. The molecule has 4 heterocycles. The van der Waals surface area contributed by atoms with Gasteiger partial charge in [0.25, 0.3) is 0 Å². The molecule has 41 heavy (non-hydrogen) atoms. The smallest absolute Gasteiger partial charge is 0.228 e. The lowest BCUT2D eigenvalue weighted by molar-refractivity contribution is 0.122. The van der Waals surface area contributed by atoms with Crippen LogP contribution in [0.4, 0.5) is 23.3 Å². The van der Waals surface area contributed by atoms with Crippen molar-refractivity contribution in [2.24, 2.45) is 0 Å². The lowest BCUT2D eigenvalue weighted by Crippen LogP contribution is -2.45. The number of nitrogens with one attached hydrogen (secondary N) is 2. The fourth-order valence-corrected chi connectivity index (χ4v) is 5.99. The summed E-state index contributed by atoms with van der Waals surface area (Å²) in [5.41, 5.74) is 3.89. The molecule has 2 aliphatic heterocycles. The highest BCUT2D eigenvalue weighted by Crippen LogP contribution is 2.44. The lowest BCUT2D eigenvalue weighted by Gasteiger charge is -2.39. The molecule has 10 nitrogen and oxygen atoms in total. The van der Waals surface area contributed by atoms with Gasteiger partial charge in [0.15, 0.2) is 8.32 Å². The number of anilines is 4. The molecule has 2 N–H and O–H groups in total. The van der Waals surface area contributed by atoms with Gasteiger partial charge in [-0.25, -0.2) is 19.9 Å². The number of benzene rings is 1. The first-order valence-corrected chi connectivity index (χ1v) is 17.0. The molecule has 1 aromatic carbocycles. The number of nitriles is 1. The fraction of sp³-hybridized carbons (Fsp3) is 0.500. The molecule has 0 amide bonds. The van der Waals surface area contributed by atoms with Gasteiger partial charge in [0.2, 0.25) is 5.95 Å². The Bertz CT molecular complexity index is 1480. The molecule has 1 saturated heterocycles. The van der Waals surface area contributed by atoms with E-state index < -0.39 is 8.32 Å². The molecule has 216 valence electrons. The molecule has 0 aliphatic carbocycles. The van der Waals surface area contributed by atoms with Crippen molar-refractivity contribution in [1.82, 2.24) is 19.9 Å². The molecular weight excluding hydrogens is 532 g/mol. The molecule has 0 saturated carbocycles. The minimum atomic E-state index is -1.95. The number of ether oxygens (including phenoxy) is 1. The minimum absolute atomic E-state index is 0.118. The van der Waals surface area contributed by atoms with Crippen LogP contribution in [-0.4, -0.2) is 67.7 Å². The van der Waals surface area contributed by atoms with Crippen LogP contribution < -0.4 is 15.5 Å². The van der Waals surface area contributed by atoms with Crippen molar-refractivity contribution in [3.05, 3.63) is 47.4 Å². The number of hydrogen-bond donors (Lipinski definition) is 2. The van der Waals surface area contributed by atoms with Crippen LogP contribution in [0.25, 0.3) is 11.3 Å². The Hall–Kier alpha value is -3.59. The third-order valence-corrected chi connectivity index (χ3v) is 13.0. The lowest BCUT2D eigenvalue weighted by atomic mass is 9.83. The number of fused-ring (bicyclic) bond motifs is 1. The molecule has 11 heteroatoms. The van der Waals surface area contributed by atoms with E-state index in [1.807, 2.05) is 25.1 Å². The topological polar surface area (TPSA) is 121 Å². The molecular formula is C30H40N8O2Si. The maximum Gasteiger partial charge on any atom is 0.228 e. The van der Waals surface area contributed by atoms with E-state index >= 15 is 0 Å². The van der Waals surface area contributed by atoms with E-state index in [1.165, 1.54) is 0 Å². The predicted molar refractivity (Wildman–Crippen MR) is 164 cm³/mol. The molecule has 0 radical (unpaired) electrons. The Kier molecular flexibility index (Phi) is 7.76. The van der Waals surface area contributed by atoms with Gasteiger partial charge in [-0.15, -0.1) is 0 Å². The Morgan fingerprint density at radius 1 is 1.17 bits per heavy atom. The highest BCUT2D eigenvalue weighted by molar-refractivity contribution is 6.74. The number of morpholine rings is 1. The van der Waals surface area contributed by atoms with Crippen molar-refractivity contribution in [1.29, 1.82) is 5.26 Å².